The number of benzene rings is 1. The van der Waals surface area contributed by atoms with Gasteiger partial charge in [0.15, 0.2) is 0 Å². The summed E-state index contributed by atoms with van der Waals surface area (Å²) in [5, 5.41) is 21.0. The van der Waals surface area contributed by atoms with Crippen molar-refractivity contribution in [1.82, 2.24) is 9.61 Å². The molecule has 0 fully saturated rings. The summed E-state index contributed by atoms with van der Waals surface area (Å²) in [5.74, 6) is 1.34. The smallest absolute Gasteiger partial charge is 0.145 e. The molecule has 2 aromatic heterocycles. The Kier molecular flexibility index (Phi) is 7.73. The van der Waals surface area contributed by atoms with Crippen molar-refractivity contribution in [3.63, 3.8) is 0 Å². The first-order valence-electron chi connectivity index (χ1n) is 10.4. The second-order valence-corrected chi connectivity index (χ2v) is 14.1. The van der Waals surface area contributed by atoms with E-state index in [0.717, 1.165) is 29.4 Å². The molecule has 0 aliphatic carbocycles. The summed E-state index contributed by atoms with van der Waals surface area (Å²) < 4.78 is 13.3. The first-order valence-corrected chi connectivity index (χ1v) is 14.1. The minimum absolute atomic E-state index is 0.0949. The zero-order valence-corrected chi connectivity index (χ0v) is 19.3. The Morgan fingerprint density at radius 1 is 1.16 bits per heavy atom. The molecule has 0 aliphatic heterocycles. The average molecular weight is 439 g/mol. The SMILES string of the molecule is C[Si](C)(C)CCOCN=C(CC=N)c1ccc(Oc2ccc3cc(CO)nn3c2)cc1. The first-order chi connectivity index (χ1) is 14.9. The number of ether oxygens (including phenoxy) is 2. The van der Waals surface area contributed by atoms with Crippen LogP contribution in [0.15, 0.2) is 53.7 Å². The van der Waals surface area contributed by atoms with Gasteiger partial charge in [0, 0.05) is 27.3 Å². The predicted molar refractivity (Wildman–Crippen MR) is 127 cm³/mol. The number of pyridine rings is 1. The van der Waals surface area contributed by atoms with Gasteiger partial charge < -0.3 is 20.0 Å². The second-order valence-electron chi connectivity index (χ2n) is 8.52. The molecule has 0 amide bonds. The normalized spacial score (nSPS) is 12.3. The number of aliphatic hydroxyl groups excluding tert-OH is 1. The number of aromatic nitrogens is 2. The number of aliphatic imine (C=N–C) groups is 1. The van der Waals surface area contributed by atoms with Crippen LogP contribution in [0.5, 0.6) is 11.5 Å². The van der Waals surface area contributed by atoms with Crippen LogP contribution in [-0.2, 0) is 11.3 Å². The molecule has 2 heterocycles. The van der Waals surface area contributed by atoms with Crippen LogP contribution in [0.4, 0.5) is 0 Å². The zero-order chi connectivity index (χ0) is 22.3. The van der Waals surface area contributed by atoms with E-state index in [-0.39, 0.29) is 6.61 Å². The van der Waals surface area contributed by atoms with E-state index < -0.39 is 8.07 Å². The lowest BCUT2D eigenvalue weighted by atomic mass is 10.1. The molecular formula is C23H30N4O3Si. The van der Waals surface area contributed by atoms with Crippen molar-refractivity contribution in [3.8, 4) is 11.5 Å². The van der Waals surface area contributed by atoms with Gasteiger partial charge in [-0.25, -0.2) is 4.52 Å². The molecule has 0 saturated heterocycles. The van der Waals surface area contributed by atoms with Crippen molar-refractivity contribution in [2.45, 2.75) is 38.7 Å². The van der Waals surface area contributed by atoms with Crippen molar-refractivity contribution in [2.24, 2.45) is 4.99 Å². The van der Waals surface area contributed by atoms with E-state index in [1.165, 1.54) is 6.21 Å². The maximum atomic E-state index is 9.23. The molecule has 7 nitrogen and oxygen atoms in total. The van der Waals surface area contributed by atoms with Crippen LogP contribution in [-0.4, -0.2) is 48.1 Å². The van der Waals surface area contributed by atoms with Crippen LogP contribution in [0.1, 0.15) is 17.7 Å². The summed E-state index contributed by atoms with van der Waals surface area (Å²) in [6.07, 6.45) is 3.59. The Morgan fingerprint density at radius 3 is 2.58 bits per heavy atom. The van der Waals surface area contributed by atoms with Gasteiger partial charge in [0.05, 0.1) is 29.7 Å². The third-order valence-electron chi connectivity index (χ3n) is 4.71. The van der Waals surface area contributed by atoms with E-state index in [9.17, 15) is 5.11 Å². The summed E-state index contributed by atoms with van der Waals surface area (Å²) >= 11 is 0. The molecule has 0 unspecified atom stereocenters. The first kappa shape index (κ1) is 22.9. The van der Waals surface area contributed by atoms with E-state index in [4.69, 9.17) is 14.9 Å². The molecule has 0 radical (unpaired) electrons. The number of fused-ring (bicyclic) bond motifs is 1. The van der Waals surface area contributed by atoms with Crippen LogP contribution in [0.3, 0.4) is 0 Å². The van der Waals surface area contributed by atoms with E-state index in [2.05, 4.69) is 29.7 Å². The summed E-state index contributed by atoms with van der Waals surface area (Å²) in [4.78, 5) is 4.55. The molecule has 31 heavy (non-hydrogen) atoms. The number of aliphatic hydroxyl groups is 1. The summed E-state index contributed by atoms with van der Waals surface area (Å²) in [5.41, 5.74) is 3.28. The number of nitrogens with zero attached hydrogens (tertiary/aromatic N) is 3. The van der Waals surface area contributed by atoms with Crippen LogP contribution in [0.25, 0.3) is 5.52 Å². The highest BCUT2D eigenvalue weighted by Gasteiger charge is 2.12. The van der Waals surface area contributed by atoms with Crippen molar-refractivity contribution in [3.05, 3.63) is 59.9 Å². The molecule has 0 saturated carbocycles. The lowest BCUT2D eigenvalue weighted by Gasteiger charge is -2.14. The van der Waals surface area contributed by atoms with Crippen molar-refractivity contribution in [1.29, 1.82) is 5.41 Å². The third-order valence-corrected chi connectivity index (χ3v) is 6.41. The quantitative estimate of drug-likeness (QED) is 0.256. The molecule has 2 N–H and O–H groups in total. The van der Waals surface area contributed by atoms with Crippen molar-refractivity contribution >= 4 is 25.5 Å². The minimum atomic E-state index is -1.11. The maximum Gasteiger partial charge on any atom is 0.145 e. The van der Waals surface area contributed by atoms with Gasteiger partial charge in [-0.3, -0.25) is 4.99 Å². The Labute approximate surface area is 183 Å². The molecule has 0 spiro atoms. The van der Waals surface area contributed by atoms with E-state index in [0.29, 0.717) is 30.3 Å². The highest BCUT2D eigenvalue weighted by Crippen LogP contribution is 2.23. The fraction of sp³-hybridized carbons (Fsp3) is 0.348. The van der Waals surface area contributed by atoms with Crippen molar-refractivity contribution < 1.29 is 14.6 Å². The number of hydrogen-bond donors (Lipinski definition) is 2. The molecule has 0 aliphatic rings. The molecule has 8 heteroatoms. The lowest BCUT2D eigenvalue weighted by Crippen LogP contribution is -2.21. The zero-order valence-electron chi connectivity index (χ0n) is 18.3. The minimum Gasteiger partial charge on any atom is -0.456 e. The lowest BCUT2D eigenvalue weighted by molar-refractivity contribution is 0.155. The molecule has 164 valence electrons. The molecule has 1 aromatic carbocycles. The average Bonchev–Trinajstić information content (AvgIpc) is 3.15. The highest BCUT2D eigenvalue weighted by molar-refractivity contribution is 6.76. The monoisotopic (exact) mass is 438 g/mol. The van der Waals surface area contributed by atoms with Gasteiger partial charge in [-0.05, 0) is 54.1 Å². The summed E-state index contributed by atoms with van der Waals surface area (Å²) in [7, 11) is -1.11. The molecular weight excluding hydrogens is 408 g/mol. The third kappa shape index (κ3) is 6.85. The Bertz CT molecular complexity index is 1040. The van der Waals surface area contributed by atoms with Gasteiger partial charge in [0.1, 0.15) is 18.2 Å². The molecule has 3 aromatic rings. The van der Waals surface area contributed by atoms with Crippen molar-refractivity contribution in [2.75, 3.05) is 13.3 Å². The molecule has 3 rings (SSSR count). The molecule has 0 atom stereocenters. The Hall–Kier alpha value is -2.81. The fourth-order valence-corrected chi connectivity index (χ4v) is 3.70. The number of rotatable bonds is 11. The standard InChI is InChI=1S/C23H30N4O3Si/c1-31(2,3)13-12-29-17-25-23(10-11-24)18-4-7-21(8-5-18)30-22-9-6-20-14-19(16-28)26-27(20)15-22/h4-9,11,14-15,24,28H,10,12-13,16-17H2,1-3H3. The number of nitrogens with one attached hydrogen (secondary N) is 1. The van der Waals surface area contributed by atoms with Crippen LogP contribution in [0.2, 0.25) is 25.7 Å². The van der Waals surface area contributed by atoms with Gasteiger partial charge in [0.2, 0.25) is 0 Å². The van der Waals surface area contributed by atoms with E-state index in [1.807, 2.05) is 42.5 Å². The Balaban J connectivity index is 1.64. The highest BCUT2D eigenvalue weighted by atomic mass is 28.3. The van der Waals surface area contributed by atoms with Crippen LogP contribution in [0, 0.1) is 5.41 Å². The van der Waals surface area contributed by atoms with E-state index >= 15 is 0 Å². The predicted octanol–water partition coefficient (Wildman–Crippen LogP) is 4.76. The van der Waals surface area contributed by atoms with Gasteiger partial charge in [-0.15, -0.1) is 0 Å². The van der Waals surface area contributed by atoms with Gasteiger partial charge in [-0.1, -0.05) is 19.6 Å². The van der Waals surface area contributed by atoms with Gasteiger partial charge >= 0.3 is 0 Å². The largest absolute Gasteiger partial charge is 0.456 e. The van der Waals surface area contributed by atoms with Gasteiger partial charge in [-0.2, -0.15) is 5.10 Å². The van der Waals surface area contributed by atoms with Crippen LogP contribution < -0.4 is 4.74 Å². The fourth-order valence-electron chi connectivity index (χ4n) is 2.95. The topological polar surface area (TPSA) is 92.2 Å². The second kappa shape index (κ2) is 10.5. The van der Waals surface area contributed by atoms with Crippen LogP contribution >= 0.6 is 0 Å². The Morgan fingerprint density at radius 2 is 1.90 bits per heavy atom. The maximum absolute atomic E-state index is 9.23. The van der Waals surface area contributed by atoms with Gasteiger partial charge in [0.25, 0.3) is 0 Å². The summed E-state index contributed by atoms with van der Waals surface area (Å²) in [6, 6.07) is 14.4. The summed E-state index contributed by atoms with van der Waals surface area (Å²) in [6.45, 7) is 7.91. The number of hydrogen-bond acceptors (Lipinski definition) is 6. The molecule has 0 bridgehead atoms. The van der Waals surface area contributed by atoms with E-state index in [1.54, 1.807) is 10.7 Å².